The van der Waals surface area contributed by atoms with E-state index in [1.165, 1.54) is 19.2 Å². The van der Waals surface area contributed by atoms with Gasteiger partial charge < -0.3 is 18.9 Å². The van der Waals surface area contributed by atoms with Crippen LogP contribution in [0.3, 0.4) is 0 Å². The van der Waals surface area contributed by atoms with Gasteiger partial charge in [-0.05, 0) is 42.5 Å². The summed E-state index contributed by atoms with van der Waals surface area (Å²) in [7, 11) is -2.69. The highest BCUT2D eigenvalue weighted by atomic mass is 35.5. The lowest BCUT2D eigenvalue weighted by atomic mass is 9.86. The number of primary sulfonamides is 1. The topological polar surface area (TPSA) is 104 Å². The first-order valence-corrected chi connectivity index (χ1v) is 12.3. The van der Waals surface area contributed by atoms with Gasteiger partial charge in [-0.15, -0.1) is 0 Å². The van der Waals surface area contributed by atoms with E-state index in [4.69, 9.17) is 26.2 Å². The Morgan fingerprint density at radius 1 is 1.18 bits per heavy atom. The van der Waals surface area contributed by atoms with Crippen LogP contribution in [-0.2, 0) is 15.6 Å². The molecule has 8 nitrogen and oxygen atoms in total. The average molecular weight is 492 g/mol. The predicted molar refractivity (Wildman–Crippen MR) is 127 cm³/mol. The molecule has 1 spiro atoms. The number of rotatable bonds is 3. The molecule has 3 heterocycles. The zero-order chi connectivity index (χ0) is 23.4. The van der Waals surface area contributed by atoms with Gasteiger partial charge in [-0.3, -0.25) is 4.79 Å². The van der Waals surface area contributed by atoms with Crippen molar-refractivity contribution in [2.45, 2.75) is 23.3 Å². The fourth-order valence-corrected chi connectivity index (χ4v) is 5.52. The largest absolute Gasteiger partial charge is 0.495 e. The van der Waals surface area contributed by atoms with Gasteiger partial charge in [-0.1, -0.05) is 11.6 Å². The third kappa shape index (κ3) is 3.66. The van der Waals surface area contributed by atoms with Crippen molar-refractivity contribution in [2.75, 3.05) is 20.2 Å². The number of fused-ring (bicyclic) bond motifs is 4. The van der Waals surface area contributed by atoms with Crippen molar-refractivity contribution in [2.24, 2.45) is 5.14 Å². The first-order chi connectivity index (χ1) is 15.7. The minimum absolute atomic E-state index is 0. The van der Waals surface area contributed by atoms with Crippen LogP contribution in [0.2, 0.25) is 5.02 Å². The maximum absolute atomic E-state index is 13.2. The average Bonchev–Trinajstić information content (AvgIpc) is 3.29. The molecule has 3 aromatic rings. The normalized spacial score (nSPS) is 16.6. The summed E-state index contributed by atoms with van der Waals surface area (Å²) >= 11 is 6.20. The molecular weight excluding hydrogens is 466 g/mol. The van der Waals surface area contributed by atoms with Crippen LogP contribution in [0, 0.1) is 0 Å². The fourth-order valence-electron chi connectivity index (χ4n) is 4.64. The molecule has 2 aliphatic heterocycles. The molecule has 33 heavy (non-hydrogen) atoms. The number of carbonyl (C=O) groups excluding carboxylic acids is 1. The standard InChI is InChI=1S/C23H22ClN3O5S.2H2/c1-31-18-7-4-15(13-20(18)33(25,29)30)22(28)26-11-8-23(9-12-26)21-3-2-10-27(21)17-6-5-16(24)14-19(17)32-23;;/h2-7,10,13-14H,8-9,11-12H2,1H3,(H2,25,29,30);2*1H. The molecular formula is C23H26ClN3O5S. The number of piperidine rings is 1. The third-order valence-corrected chi connectivity index (χ3v) is 7.44. The minimum Gasteiger partial charge on any atom is -0.495 e. The lowest BCUT2D eigenvalue weighted by Gasteiger charge is -2.45. The lowest BCUT2D eigenvalue weighted by molar-refractivity contribution is -0.00930. The molecule has 10 heteroatoms. The zero-order valence-electron chi connectivity index (χ0n) is 17.8. The van der Waals surface area contributed by atoms with Crippen LogP contribution in [0.5, 0.6) is 11.5 Å². The molecule has 176 valence electrons. The van der Waals surface area contributed by atoms with Gasteiger partial charge in [0.15, 0.2) is 5.60 Å². The quantitative estimate of drug-likeness (QED) is 0.600. The molecule has 1 amide bonds. The van der Waals surface area contributed by atoms with Crippen molar-refractivity contribution in [1.29, 1.82) is 0 Å². The zero-order valence-corrected chi connectivity index (χ0v) is 19.4. The Hall–Kier alpha value is -3.01. The first kappa shape index (κ1) is 21.8. The van der Waals surface area contributed by atoms with Gasteiger partial charge >= 0.3 is 0 Å². The number of methoxy groups -OCH3 is 1. The number of hydrogen-bond acceptors (Lipinski definition) is 5. The Labute approximate surface area is 199 Å². The monoisotopic (exact) mass is 491 g/mol. The summed E-state index contributed by atoms with van der Waals surface area (Å²) in [6.07, 6.45) is 3.15. The predicted octanol–water partition coefficient (Wildman–Crippen LogP) is 3.80. The van der Waals surface area contributed by atoms with Crippen LogP contribution in [-0.4, -0.2) is 44.0 Å². The van der Waals surface area contributed by atoms with Gasteiger partial charge in [-0.25, -0.2) is 13.6 Å². The molecule has 0 saturated carbocycles. The van der Waals surface area contributed by atoms with E-state index in [2.05, 4.69) is 4.57 Å². The van der Waals surface area contributed by atoms with Crippen molar-refractivity contribution in [3.8, 4) is 17.2 Å². The molecule has 1 aromatic heterocycles. The van der Waals surface area contributed by atoms with Crippen molar-refractivity contribution in [1.82, 2.24) is 9.47 Å². The van der Waals surface area contributed by atoms with Crippen LogP contribution >= 0.6 is 11.6 Å². The molecule has 0 aliphatic carbocycles. The molecule has 2 N–H and O–H groups in total. The molecule has 0 radical (unpaired) electrons. The van der Waals surface area contributed by atoms with Gasteiger partial charge in [0, 0.05) is 51.6 Å². The van der Waals surface area contributed by atoms with Crippen LogP contribution in [0.15, 0.2) is 59.6 Å². The number of ether oxygens (including phenoxy) is 2. The van der Waals surface area contributed by atoms with Crippen molar-refractivity contribution < 1.29 is 25.5 Å². The number of sulfonamides is 1. The van der Waals surface area contributed by atoms with E-state index < -0.39 is 15.6 Å². The second-order valence-corrected chi connectivity index (χ2v) is 10.1. The van der Waals surface area contributed by atoms with Crippen molar-refractivity contribution in [3.05, 3.63) is 71.0 Å². The summed E-state index contributed by atoms with van der Waals surface area (Å²) in [6.45, 7) is 0.882. The molecule has 2 aliphatic rings. The van der Waals surface area contributed by atoms with Gasteiger partial charge in [0.2, 0.25) is 10.0 Å². The second-order valence-electron chi connectivity index (χ2n) is 8.17. The summed E-state index contributed by atoms with van der Waals surface area (Å²) in [6, 6.07) is 13.8. The van der Waals surface area contributed by atoms with Crippen LogP contribution in [0.1, 0.15) is 31.7 Å². The first-order valence-electron chi connectivity index (χ1n) is 10.4. The Bertz CT molecular complexity index is 1370. The minimum atomic E-state index is -4.04. The van der Waals surface area contributed by atoms with E-state index in [1.54, 1.807) is 11.0 Å². The number of likely N-dealkylation sites (tertiary alicyclic amines) is 1. The Kier molecular flexibility index (Phi) is 5.15. The molecule has 0 unspecified atom stereocenters. The summed E-state index contributed by atoms with van der Waals surface area (Å²) in [5.74, 6) is 0.534. The number of nitrogens with two attached hydrogens (primary N) is 1. The number of amides is 1. The highest BCUT2D eigenvalue weighted by Gasteiger charge is 2.44. The summed E-state index contributed by atoms with van der Waals surface area (Å²) in [5.41, 5.74) is 1.62. The van der Waals surface area contributed by atoms with Crippen LogP contribution < -0.4 is 14.6 Å². The fraction of sp³-hybridized carbons (Fsp3) is 0.261. The number of hydrogen-bond donors (Lipinski definition) is 1. The highest BCUT2D eigenvalue weighted by molar-refractivity contribution is 7.89. The molecule has 0 atom stereocenters. The smallest absolute Gasteiger partial charge is 0.253 e. The lowest BCUT2D eigenvalue weighted by Crippen LogP contribution is -2.50. The number of carbonyl (C=O) groups is 1. The second kappa shape index (κ2) is 7.79. The van der Waals surface area contributed by atoms with E-state index in [0.717, 1.165) is 11.4 Å². The van der Waals surface area contributed by atoms with E-state index >= 15 is 0 Å². The third-order valence-electron chi connectivity index (χ3n) is 6.28. The maximum atomic E-state index is 13.2. The Morgan fingerprint density at radius 3 is 2.64 bits per heavy atom. The van der Waals surface area contributed by atoms with Crippen LogP contribution in [0.25, 0.3) is 5.69 Å². The molecule has 0 bridgehead atoms. The van der Waals surface area contributed by atoms with Crippen molar-refractivity contribution >= 4 is 27.5 Å². The van der Waals surface area contributed by atoms with Gasteiger partial charge in [-0.2, -0.15) is 0 Å². The summed E-state index contributed by atoms with van der Waals surface area (Å²) < 4.78 is 37.5. The number of nitrogens with zero attached hydrogens (tertiary/aromatic N) is 2. The number of halogens is 1. The Morgan fingerprint density at radius 2 is 1.94 bits per heavy atom. The maximum Gasteiger partial charge on any atom is 0.253 e. The number of aromatic nitrogens is 1. The van der Waals surface area contributed by atoms with E-state index in [-0.39, 0.29) is 25.0 Å². The summed E-state index contributed by atoms with van der Waals surface area (Å²) in [5, 5.41) is 5.89. The summed E-state index contributed by atoms with van der Waals surface area (Å²) in [4.78, 5) is 14.7. The Balaban J connectivity index is 0.00000171. The molecule has 1 saturated heterocycles. The van der Waals surface area contributed by atoms with Crippen LogP contribution in [0.4, 0.5) is 0 Å². The van der Waals surface area contributed by atoms with Crippen molar-refractivity contribution in [3.63, 3.8) is 0 Å². The van der Waals surface area contributed by atoms with E-state index in [9.17, 15) is 13.2 Å². The number of benzene rings is 2. The van der Waals surface area contributed by atoms with Gasteiger partial charge in [0.1, 0.15) is 16.4 Å². The van der Waals surface area contributed by atoms with E-state index in [0.29, 0.717) is 36.7 Å². The molecule has 2 aromatic carbocycles. The van der Waals surface area contributed by atoms with Gasteiger partial charge in [0.05, 0.1) is 18.5 Å². The SMILES string of the molecule is COc1ccc(C(=O)N2CCC3(CC2)Oc2cc(Cl)ccc2-n2cccc23)cc1S(N)(=O)=O.[HH].[HH]. The van der Waals surface area contributed by atoms with Gasteiger partial charge in [0.25, 0.3) is 5.91 Å². The van der Waals surface area contributed by atoms with E-state index in [1.807, 2.05) is 36.5 Å². The molecule has 1 fully saturated rings. The highest BCUT2D eigenvalue weighted by Crippen LogP contribution is 2.45. The molecule has 5 rings (SSSR count).